The second kappa shape index (κ2) is 6.94. The average molecular weight is 317 g/mol. The Balaban J connectivity index is 2.03. The van der Waals surface area contributed by atoms with Crippen LogP contribution < -0.4 is 5.32 Å². The van der Waals surface area contributed by atoms with E-state index in [0.717, 1.165) is 0 Å². The van der Waals surface area contributed by atoms with Crippen LogP contribution in [-0.2, 0) is 4.79 Å². The number of rotatable bonds is 3. The SMILES string of the molecule is N#Cc1ccc(NC(=O)C=Cc2ccc(Cl)cc2Cl)cc1. The Morgan fingerprint density at radius 1 is 1.14 bits per heavy atom. The maximum atomic E-state index is 11.8. The van der Waals surface area contributed by atoms with Gasteiger partial charge in [-0.15, -0.1) is 0 Å². The van der Waals surface area contributed by atoms with Crippen LogP contribution in [0.1, 0.15) is 11.1 Å². The zero-order chi connectivity index (χ0) is 15.2. The van der Waals surface area contributed by atoms with Crippen LogP contribution >= 0.6 is 23.2 Å². The van der Waals surface area contributed by atoms with E-state index in [4.69, 9.17) is 28.5 Å². The molecule has 2 rings (SSSR count). The summed E-state index contributed by atoms with van der Waals surface area (Å²) in [5.74, 6) is -0.286. The molecular weight excluding hydrogens is 307 g/mol. The molecular formula is C16H10Cl2N2O. The highest BCUT2D eigenvalue weighted by atomic mass is 35.5. The standard InChI is InChI=1S/C16H10Cl2N2O/c17-13-5-3-12(15(18)9-13)4-8-16(21)20-14-6-1-11(10-19)2-7-14/h1-9H,(H,20,21). The van der Waals surface area contributed by atoms with E-state index in [1.807, 2.05) is 6.07 Å². The molecule has 0 bridgehead atoms. The number of carbonyl (C=O) groups is 1. The van der Waals surface area contributed by atoms with Crippen molar-refractivity contribution in [2.45, 2.75) is 0 Å². The number of benzene rings is 2. The number of carbonyl (C=O) groups excluding carboxylic acids is 1. The van der Waals surface area contributed by atoms with Crippen LogP contribution in [0.2, 0.25) is 10.0 Å². The van der Waals surface area contributed by atoms with Gasteiger partial charge in [-0.25, -0.2) is 0 Å². The predicted molar refractivity (Wildman–Crippen MR) is 85.3 cm³/mol. The van der Waals surface area contributed by atoms with Gasteiger partial charge in [-0.05, 0) is 48.0 Å². The molecule has 0 aromatic heterocycles. The molecule has 0 aliphatic carbocycles. The normalized spacial score (nSPS) is 10.3. The van der Waals surface area contributed by atoms with Crippen molar-refractivity contribution in [2.24, 2.45) is 0 Å². The monoisotopic (exact) mass is 316 g/mol. The van der Waals surface area contributed by atoms with Crippen molar-refractivity contribution in [1.82, 2.24) is 0 Å². The number of halogens is 2. The molecule has 5 heteroatoms. The Labute approximate surface area is 132 Å². The van der Waals surface area contributed by atoms with Gasteiger partial charge in [0.25, 0.3) is 0 Å². The highest BCUT2D eigenvalue weighted by Crippen LogP contribution is 2.22. The lowest BCUT2D eigenvalue weighted by Crippen LogP contribution is -2.07. The second-order valence-electron chi connectivity index (χ2n) is 4.18. The summed E-state index contributed by atoms with van der Waals surface area (Å²) in [6, 6.07) is 13.7. The largest absolute Gasteiger partial charge is 0.323 e. The first-order valence-electron chi connectivity index (χ1n) is 6.03. The molecule has 2 aromatic rings. The van der Waals surface area contributed by atoms with Gasteiger partial charge in [-0.1, -0.05) is 29.3 Å². The number of nitriles is 1. The minimum Gasteiger partial charge on any atom is -0.323 e. The maximum Gasteiger partial charge on any atom is 0.248 e. The van der Waals surface area contributed by atoms with Gasteiger partial charge in [0.05, 0.1) is 11.6 Å². The molecule has 0 aliphatic rings. The van der Waals surface area contributed by atoms with E-state index in [-0.39, 0.29) is 5.91 Å². The number of anilines is 1. The summed E-state index contributed by atoms with van der Waals surface area (Å²) in [5.41, 5.74) is 1.86. The van der Waals surface area contributed by atoms with Crippen molar-refractivity contribution >= 4 is 40.9 Å². The van der Waals surface area contributed by atoms with Gasteiger partial charge in [0.15, 0.2) is 0 Å². The Morgan fingerprint density at radius 2 is 1.86 bits per heavy atom. The van der Waals surface area contributed by atoms with Crippen LogP contribution in [0.3, 0.4) is 0 Å². The van der Waals surface area contributed by atoms with Crippen LogP contribution in [0, 0.1) is 11.3 Å². The molecule has 0 saturated carbocycles. The topological polar surface area (TPSA) is 52.9 Å². The fraction of sp³-hybridized carbons (Fsp3) is 0. The first-order chi connectivity index (χ1) is 10.1. The number of hydrogen-bond acceptors (Lipinski definition) is 2. The summed E-state index contributed by atoms with van der Waals surface area (Å²) in [4.78, 5) is 11.8. The highest BCUT2D eigenvalue weighted by Gasteiger charge is 2.01. The molecule has 3 nitrogen and oxygen atoms in total. The van der Waals surface area contributed by atoms with Gasteiger partial charge >= 0.3 is 0 Å². The Bertz CT molecular complexity index is 731. The molecule has 0 radical (unpaired) electrons. The van der Waals surface area contributed by atoms with Gasteiger partial charge in [0.1, 0.15) is 0 Å². The third-order valence-corrected chi connectivity index (χ3v) is 3.22. The van der Waals surface area contributed by atoms with Crippen molar-refractivity contribution < 1.29 is 4.79 Å². The Hall–Kier alpha value is -2.28. The number of hydrogen-bond donors (Lipinski definition) is 1. The van der Waals surface area contributed by atoms with Gasteiger partial charge in [-0.2, -0.15) is 5.26 Å². The molecule has 0 atom stereocenters. The quantitative estimate of drug-likeness (QED) is 0.846. The zero-order valence-electron chi connectivity index (χ0n) is 10.8. The minimum absolute atomic E-state index is 0.286. The van der Waals surface area contributed by atoms with Crippen molar-refractivity contribution in [1.29, 1.82) is 5.26 Å². The van der Waals surface area contributed by atoms with Gasteiger partial charge < -0.3 is 5.32 Å². The average Bonchev–Trinajstić information content (AvgIpc) is 2.47. The molecule has 0 saturated heterocycles. The van der Waals surface area contributed by atoms with Crippen LogP contribution in [0.15, 0.2) is 48.5 Å². The molecule has 104 valence electrons. The summed E-state index contributed by atoms with van der Waals surface area (Å²) in [5, 5.41) is 12.4. The van der Waals surface area contributed by atoms with Gasteiger partial charge in [0.2, 0.25) is 5.91 Å². The third-order valence-electron chi connectivity index (χ3n) is 2.66. The van der Waals surface area contributed by atoms with Crippen LogP contribution in [0.5, 0.6) is 0 Å². The summed E-state index contributed by atoms with van der Waals surface area (Å²) in [6.45, 7) is 0. The molecule has 0 aliphatic heterocycles. The zero-order valence-corrected chi connectivity index (χ0v) is 12.3. The number of amides is 1. The molecule has 0 fully saturated rings. The van der Waals surface area contributed by atoms with Crippen LogP contribution in [0.4, 0.5) is 5.69 Å². The van der Waals surface area contributed by atoms with Crippen molar-refractivity contribution in [2.75, 3.05) is 5.32 Å². The predicted octanol–water partition coefficient (Wildman–Crippen LogP) is 4.52. The molecule has 0 unspecified atom stereocenters. The number of nitrogens with one attached hydrogen (secondary N) is 1. The highest BCUT2D eigenvalue weighted by molar-refractivity contribution is 6.35. The summed E-state index contributed by atoms with van der Waals surface area (Å²) in [6.07, 6.45) is 2.99. The summed E-state index contributed by atoms with van der Waals surface area (Å²) in [7, 11) is 0. The lowest BCUT2D eigenvalue weighted by molar-refractivity contribution is -0.111. The fourth-order valence-electron chi connectivity index (χ4n) is 1.61. The summed E-state index contributed by atoms with van der Waals surface area (Å²) >= 11 is 11.8. The van der Waals surface area contributed by atoms with Gasteiger partial charge in [0, 0.05) is 21.8 Å². The lowest BCUT2D eigenvalue weighted by atomic mass is 10.2. The van der Waals surface area contributed by atoms with E-state index >= 15 is 0 Å². The Morgan fingerprint density at radius 3 is 2.48 bits per heavy atom. The molecule has 1 amide bonds. The smallest absolute Gasteiger partial charge is 0.248 e. The first-order valence-corrected chi connectivity index (χ1v) is 6.78. The van der Waals surface area contributed by atoms with E-state index in [9.17, 15) is 4.79 Å². The third kappa shape index (κ3) is 4.35. The van der Waals surface area contributed by atoms with Crippen LogP contribution in [0.25, 0.3) is 6.08 Å². The van der Waals surface area contributed by atoms with E-state index in [1.165, 1.54) is 6.08 Å². The molecule has 1 N–H and O–H groups in total. The van der Waals surface area contributed by atoms with E-state index in [2.05, 4.69) is 5.32 Å². The van der Waals surface area contributed by atoms with E-state index in [0.29, 0.717) is 26.9 Å². The van der Waals surface area contributed by atoms with Crippen molar-refractivity contribution in [3.05, 3.63) is 69.7 Å². The molecule has 21 heavy (non-hydrogen) atoms. The van der Waals surface area contributed by atoms with Crippen molar-refractivity contribution in [3.63, 3.8) is 0 Å². The first kappa shape index (κ1) is 15.1. The van der Waals surface area contributed by atoms with Gasteiger partial charge in [-0.3, -0.25) is 4.79 Å². The Kier molecular flexibility index (Phi) is 4.99. The van der Waals surface area contributed by atoms with Crippen LogP contribution in [-0.4, -0.2) is 5.91 Å². The maximum absolute atomic E-state index is 11.8. The lowest BCUT2D eigenvalue weighted by Gasteiger charge is -2.02. The van der Waals surface area contributed by atoms with E-state index in [1.54, 1.807) is 48.5 Å². The molecule has 0 heterocycles. The second-order valence-corrected chi connectivity index (χ2v) is 5.02. The molecule has 0 spiro atoms. The summed E-state index contributed by atoms with van der Waals surface area (Å²) < 4.78 is 0. The van der Waals surface area contributed by atoms with Crippen molar-refractivity contribution in [3.8, 4) is 6.07 Å². The minimum atomic E-state index is -0.286. The fourth-order valence-corrected chi connectivity index (χ4v) is 2.09. The van der Waals surface area contributed by atoms with E-state index < -0.39 is 0 Å². The number of nitrogens with zero attached hydrogens (tertiary/aromatic N) is 1. The molecule has 2 aromatic carbocycles.